The molecule has 0 spiro atoms. The van der Waals surface area contributed by atoms with E-state index in [1.54, 1.807) is 10.3 Å². The van der Waals surface area contributed by atoms with Gasteiger partial charge in [0.25, 0.3) is 11.8 Å². The molecule has 2 aromatic rings. The van der Waals surface area contributed by atoms with E-state index in [2.05, 4.69) is 20.7 Å². The Balaban J connectivity index is 1.41. The molecule has 0 bridgehead atoms. The molecule has 4 rings (SSSR count). The number of benzene rings is 1. The number of amides is 3. The maximum atomic E-state index is 13.0. The zero-order chi connectivity index (χ0) is 23.4. The molecule has 0 saturated carbocycles. The van der Waals surface area contributed by atoms with Crippen LogP contribution >= 0.6 is 11.3 Å². The summed E-state index contributed by atoms with van der Waals surface area (Å²) in [6, 6.07) is 7.13. The molecule has 1 aromatic carbocycles. The molecule has 0 radical (unpaired) electrons. The molecule has 3 amide bonds. The Morgan fingerprint density at radius 1 is 1.15 bits per heavy atom. The van der Waals surface area contributed by atoms with Crippen molar-refractivity contribution in [1.82, 2.24) is 20.7 Å². The van der Waals surface area contributed by atoms with Crippen molar-refractivity contribution in [2.75, 3.05) is 31.2 Å². The van der Waals surface area contributed by atoms with E-state index < -0.39 is 17.9 Å². The lowest BCUT2D eigenvalue weighted by atomic mass is 9.92. The minimum absolute atomic E-state index is 0.0689. The fraction of sp³-hybridized carbons (Fsp3) is 0.478. The molecule has 1 unspecified atom stereocenters. The molecule has 1 aromatic heterocycles. The third-order valence-electron chi connectivity index (χ3n) is 5.76. The fourth-order valence-electron chi connectivity index (χ4n) is 4.02. The van der Waals surface area contributed by atoms with Crippen LogP contribution in [-0.2, 0) is 27.3 Å². The number of aromatic nitrogens is 1. The summed E-state index contributed by atoms with van der Waals surface area (Å²) in [5.74, 6) is -0.794. The van der Waals surface area contributed by atoms with Crippen molar-refractivity contribution < 1.29 is 19.1 Å². The Morgan fingerprint density at radius 2 is 1.88 bits per heavy atom. The van der Waals surface area contributed by atoms with Crippen LogP contribution in [0.5, 0.6) is 0 Å². The van der Waals surface area contributed by atoms with Gasteiger partial charge in [0.05, 0.1) is 13.2 Å². The van der Waals surface area contributed by atoms with Crippen LogP contribution in [0.3, 0.4) is 0 Å². The highest BCUT2D eigenvalue weighted by molar-refractivity contribution is 7.13. The number of hydrogen-bond acceptors (Lipinski definition) is 7. The highest BCUT2D eigenvalue weighted by atomic mass is 32.1. The van der Waals surface area contributed by atoms with Gasteiger partial charge in [-0.2, -0.15) is 0 Å². The lowest BCUT2D eigenvalue weighted by molar-refractivity contribution is -0.142. The summed E-state index contributed by atoms with van der Waals surface area (Å²) in [5, 5.41) is 2.42. The van der Waals surface area contributed by atoms with Crippen molar-refractivity contribution in [3.8, 4) is 0 Å². The zero-order valence-electron chi connectivity index (χ0n) is 18.9. The number of hydrazine groups is 1. The molecule has 2 aliphatic rings. The average Bonchev–Trinajstić information content (AvgIpc) is 3.32. The first kappa shape index (κ1) is 23.2. The molecule has 1 saturated heterocycles. The smallest absolute Gasteiger partial charge is 0.289 e. The number of nitrogens with one attached hydrogen (secondary N) is 2. The third kappa shape index (κ3) is 5.51. The van der Waals surface area contributed by atoms with Crippen molar-refractivity contribution in [2.45, 2.75) is 39.3 Å². The van der Waals surface area contributed by atoms with Crippen LogP contribution in [-0.4, -0.2) is 60.0 Å². The first-order valence-electron chi connectivity index (χ1n) is 11.2. The largest absolute Gasteiger partial charge is 0.378 e. The molecular formula is C23H29N5O4S. The summed E-state index contributed by atoms with van der Waals surface area (Å²) < 4.78 is 5.35. The zero-order valence-corrected chi connectivity index (χ0v) is 19.7. The summed E-state index contributed by atoms with van der Waals surface area (Å²) in [7, 11) is 0. The molecule has 9 nitrogen and oxygen atoms in total. The second-order valence-electron chi connectivity index (χ2n) is 8.67. The van der Waals surface area contributed by atoms with Crippen molar-refractivity contribution in [3.63, 3.8) is 0 Å². The van der Waals surface area contributed by atoms with Gasteiger partial charge in [0.15, 0.2) is 5.13 Å². The third-order valence-corrected chi connectivity index (χ3v) is 6.66. The lowest BCUT2D eigenvalue weighted by Gasteiger charge is -2.36. The first-order valence-corrected chi connectivity index (χ1v) is 12.0. The first-order chi connectivity index (χ1) is 15.9. The van der Waals surface area contributed by atoms with Gasteiger partial charge in [-0.15, -0.1) is 11.3 Å². The molecule has 10 heteroatoms. The molecule has 0 aliphatic carbocycles. The molecular weight excluding hydrogens is 442 g/mol. The number of rotatable bonds is 5. The van der Waals surface area contributed by atoms with Gasteiger partial charge in [0, 0.05) is 37.9 Å². The van der Waals surface area contributed by atoms with Crippen LogP contribution in [0.4, 0.5) is 5.13 Å². The van der Waals surface area contributed by atoms with Gasteiger partial charge in [-0.3, -0.25) is 25.2 Å². The van der Waals surface area contributed by atoms with Gasteiger partial charge < -0.3 is 14.5 Å². The van der Waals surface area contributed by atoms with Crippen LogP contribution in [0.1, 0.15) is 41.9 Å². The Kier molecular flexibility index (Phi) is 7.24. The number of hydrogen-bond donors (Lipinski definition) is 2. The number of fused-ring (bicyclic) bond motifs is 1. The highest BCUT2D eigenvalue weighted by Gasteiger charge is 2.35. The predicted molar refractivity (Wildman–Crippen MR) is 125 cm³/mol. The number of thiazole rings is 1. The highest BCUT2D eigenvalue weighted by Crippen LogP contribution is 2.25. The lowest BCUT2D eigenvalue weighted by Crippen LogP contribution is -2.56. The molecule has 1 fully saturated rings. The average molecular weight is 472 g/mol. The Morgan fingerprint density at radius 3 is 2.61 bits per heavy atom. The standard InChI is InChI=1S/C23H29N5O4S/c1-15(2)11-20(29)28-13-17-6-4-3-5-16(17)12-19(28)22(31)26-25-21(30)18-14-33-23(24-18)27-7-9-32-10-8-27/h3-6,14-15,19H,7-13H2,1-2H3,(H,25,30)(H,26,31). The van der Waals surface area contributed by atoms with E-state index in [0.717, 1.165) is 29.3 Å². The van der Waals surface area contributed by atoms with E-state index in [-0.39, 0.29) is 17.5 Å². The van der Waals surface area contributed by atoms with Crippen LogP contribution in [0.2, 0.25) is 0 Å². The van der Waals surface area contributed by atoms with Crippen molar-refractivity contribution >= 4 is 34.2 Å². The maximum Gasteiger partial charge on any atom is 0.289 e. The van der Waals surface area contributed by atoms with E-state index in [1.807, 2.05) is 38.1 Å². The Bertz CT molecular complexity index is 1020. The summed E-state index contributed by atoms with van der Waals surface area (Å²) in [5.41, 5.74) is 7.28. The van der Waals surface area contributed by atoms with Gasteiger partial charge in [0.2, 0.25) is 5.91 Å². The van der Waals surface area contributed by atoms with Gasteiger partial charge in [-0.1, -0.05) is 38.1 Å². The van der Waals surface area contributed by atoms with Crippen LogP contribution in [0, 0.1) is 5.92 Å². The van der Waals surface area contributed by atoms with E-state index >= 15 is 0 Å². The molecule has 1 atom stereocenters. The van der Waals surface area contributed by atoms with Gasteiger partial charge in [0.1, 0.15) is 11.7 Å². The Labute approximate surface area is 197 Å². The number of ether oxygens (including phenoxy) is 1. The van der Waals surface area contributed by atoms with Crippen LogP contribution in [0.15, 0.2) is 29.6 Å². The van der Waals surface area contributed by atoms with E-state index in [0.29, 0.717) is 32.6 Å². The second-order valence-corrected chi connectivity index (χ2v) is 9.50. The summed E-state index contributed by atoms with van der Waals surface area (Å²) in [6.07, 6.45) is 0.765. The number of carbonyl (C=O) groups excluding carboxylic acids is 3. The monoisotopic (exact) mass is 471 g/mol. The topological polar surface area (TPSA) is 104 Å². The van der Waals surface area contributed by atoms with Gasteiger partial charge in [-0.05, 0) is 17.0 Å². The summed E-state index contributed by atoms with van der Waals surface area (Å²) >= 11 is 1.38. The molecule has 2 aliphatic heterocycles. The molecule has 176 valence electrons. The number of carbonyl (C=O) groups is 3. The van der Waals surface area contributed by atoms with Gasteiger partial charge in [-0.25, -0.2) is 4.98 Å². The minimum atomic E-state index is -0.689. The van der Waals surface area contributed by atoms with Gasteiger partial charge >= 0.3 is 0 Å². The molecule has 33 heavy (non-hydrogen) atoms. The van der Waals surface area contributed by atoms with E-state index in [4.69, 9.17) is 4.74 Å². The van der Waals surface area contributed by atoms with Crippen molar-refractivity contribution in [1.29, 1.82) is 0 Å². The normalized spacial score (nSPS) is 18.1. The summed E-state index contributed by atoms with van der Waals surface area (Å²) in [6.45, 7) is 7.06. The maximum absolute atomic E-state index is 13.0. The second kappa shape index (κ2) is 10.3. The number of anilines is 1. The van der Waals surface area contributed by atoms with Crippen LogP contribution in [0.25, 0.3) is 0 Å². The van der Waals surface area contributed by atoms with Crippen LogP contribution < -0.4 is 15.8 Å². The van der Waals surface area contributed by atoms with E-state index in [9.17, 15) is 14.4 Å². The SMILES string of the molecule is CC(C)CC(=O)N1Cc2ccccc2CC1C(=O)NNC(=O)c1csc(N2CCOCC2)n1. The van der Waals surface area contributed by atoms with E-state index in [1.165, 1.54) is 11.3 Å². The minimum Gasteiger partial charge on any atom is -0.378 e. The number of morpholine rings is 1. The number of nitrogens with zero attached hydrogens (tertiary/aromatic N) is 3. The quantitative estimate of drug-likeness (QED) is 0.644. The predicted octanol–water partition coefficient (Wildman–Crippen LogP) is 1.74. The molecule has 2 N–H and O–H groups in total. The summed E-state index contributed by atoms with van der Waals surface area (Å²) in [4.78, 5) is 46.6. The van der Waals surface area contributed by atoms with Crippen molar-refractivity contribution in [2.24, 2.45) is 5.92 Å². The van der Waals surface area contributed by atoms with Crippen molar-refractivity contribution in [3.05, 3.63) is 46.5 Å². The fourth-order valence-corrected chi connectivity index (χ4v) is 4.88. The Hall–Kier alpha value is -2.98. The molecule has 3 heterocycles.